The van der Waals surface area contributed by atoms with Crippen LogP contribution < -0.4 is 0 Å². The van der Waals surface area contributed by atoms with Gasteiger partial charge in [0.1, 0.15) is 0 Å². The smallest absolute Gasteiger partial charge is 0.416 e. The Balaban J connectivity index is 2.72. The van der Waals surface area contributed by atoms with Gasteiger partial charge < -0.3 is 10.0 Å². The second-order valence-electron chi connectivity index (χ2n) is 6.89. The molecular weight excluding hydrogens is 428 g/mol. The lowest BCUT2D eigenvalue weighted by Crippen LogP contribution is -2.28. The number of alkyl halides is 6. The Morgan fingerprint density at radius 1 is 0.935 bits per heavy atom. The van der Waals surface area contributed by atoms with Gasteiger partial charge in [0.2, 0.25) is 5.91 Å². The minimum Gasteiger partial charge on any atom is -0.481 e. The van der Waals surface area contributed by atoms with Crippen molar-refractivity contribution in [3.8, 4) is 11.1 Å². The minimum absolute atomic E-state index is 0.00697. The molecule has 4 nitrogen and oxygen atoms in total. The fourth-order valence-electron chi connectivity index (χ4n) is 3.12. The van der Waals surface area contributed by atoms with E-state index in [0.29, 0.717) is 6.07 Å². The molecule has 0 spiro atoms. The summed E-state index contributed by atoms with van der Waals surface area (Å²) in [5.41, 5.74) is -2.33. The van der Waals surface area contributed by atoms with Crippen LogP contribution in [0.15, 0.2) is 36.4 Å². The van der Waals surface area contributed by atoms with Crippen molar-refractivity contribution in [2.75, 3.05) is 6.54 Å². The van der Waals surface area contributed by atoms with Crippen molar-refractivity contribution < 1.29 is 41.0 Å². The van der Waals surface area contributed by atoms with Crippen molar-refractivity contribution in [3.05, 3.63) is 58.7 Å². The van der Waals surface area contributed by atoms with Gasteiger partial charge in [-0.25, -0.2) is 0 Å². The van der Waals surface area contributed by atoms with Crippen molar-refractivity contribution >= 4 is 11.9 Å². The van der Waals surface area contributed by atoms with Crippen molar-refractivity contribution in [2.24, 2.45) is 0 Å². The van der Waals surface area contributed by atoms with Gasteiger partial charge in [-0.15, -0.1) is 0 Å². The molecule has 0 saturated heterocycles. The molecule has 2 aromatic carbocycles. The van der Waals surface area contributed by atoms with Crippen LogP contribution in [0.1, 0.15) is 36.1 Å². The van der Waals surface area contributed by atoms with Crippen molar-refractivity contribution in [2.45, 2.75) is 39.2 Å². The number of halogens is 6. The third-order valence-corrected chi connectivity index (χ3v) is 4.61. The van der Waals surface area contributed by atoms with Gasteiger partial charge in [0.15, 0.2) is 0 Å². The van der Waals surface area contributed by atoms with Crippen LogP contribution in [-0.2, 0) is 34.9 Å². The Labute approximate surface area is 174 Å². The summed E-state index contributed by atoms with van der Waals surface area (Å²) < 4.78 is 79.7. The lowest BCUT2D eigenvalue weighted by Gasteiger charge is -2.22. The summed E-state index contributed by atoms with van der Waals surface area (Å²) in [6.07, 6.45) is -10.2. The number of carbonyl (C=O) groups excluding carboxylic acids is 1. The molecule has 0 atom stereocenters. The maximum absolute atomic E-state index is 13.3. The maximum Gasteiger partial charge on any atom is 0.416 e. The molecule has 2 aromatic rings. The van der Waals surface area contributed by atoms with Crippen molar-refractivity contribution in [1.29, 1.82) is 0 Å². The van der Waals surface area contributed by atoms with Crippen LogP contribution in [0.2, 0.25) is 0 Å². The number of carboxylic acid groups (broad SMARTS) is 1. The highest BCUT2D eigenvalue weighted by Gasteiger charge is 2.33. The summed E-state index contributed by atoms with van der Waals surface area (Å²) >= 11 is 0. The maximum atomic E-state index is 13.3. The van der Waals surface area contributed by atoms with Crippen molar-refractivity contribution in [1.82, 2.24) is 4.90 Å². The van der Waals surface area contributed by atoms with Gasteiger partial charge in [-0.1, -0.05) is 12.1 Å². The van der Waals surface area contributed by atoms with Gasteiger partial charge in [0, 0.05) is 20.0 Å². The topological polar surface area (TPSA) is 57.6 Å². The summed E-state index contributed by atoms with van der Waals surface area (Å²) in [5, 5.41) is 8.96. The molecule has 0 aliphatic carbocycles. The average molecular weight is 447 g/mol. The quantitative estimate of drug-likeness (QED) is 0.605. The van der Waals surface area contributed by atoms with E-state index in [-0.39, 0.29) is 35.3 Å². The summed E-state index contributed by atoms with van der Waals surface area (Å²) in [6, 6.07) is 5.19. The first-order valence-electron chi connectivity index (χ1n) is 9.11. The SMILES string of the molecule is CCN(Cc1cc(C(F)(F)F)ccc1-c1cc(CC(=O)O)cc(C(F)(F)F)c1)C(C)=O. The lowest BCUT2D eigenvalue weighted by atomic mass is 9.93. The van der Waals surface area contributed by atoms with E-state index in [0.717, 1.165) is 24.3 Å². The van der Waals surface area contributed by atoms with Crippen molar-refractivity contribution in [3.63, 3.8) is 0 Å². The van der Waals surface area contributed by atoms with Crippen LogP contribution in [-0.4, -0.2) is 28.4 Å². The zero-order valence-electron chi connectivity index (χ0n) is 16.6. The van der Waals surface area contributed by atoms with Crippen LogP contribution in [0.3, 0.4) is 0 Å². The highest BCUT2D eigenvalue weighted by molar-refractivity contribution is 5.76. The van der Waals surface area contributed by atoms with Gasteiger partial charge >= 0.3 is 18.3 Å². The molecule has 1 N–H and O–H groups in total. The van der Waals surface area contributed by atoms with Gasteiger partial charge in [0.05, 0.1) is 17.5 Å². The molecule has 2 rings (SSSR count). The highest BCUT2D eigenvalue weighted by Crippen LogP contribution is 2.37. The zero-order chi connectivity index (χ0) is 23.6. The first-order valence-corrected chi connectivity index (χ1v) is 9.11. The largest absolute Gasteiger partial charge is 0.481 e. The predicted molar refractivity (Wildman–Crippen MR) is 100.0 cm³/mol. The summed E-state index contributed by atoms with van der Waals surface area (Å²) in [7, 11) is 0. The average Bonchev–Trinajstić information content (AvgIpc) is 2.63. The number of carboxylic acids is 1. The second kappa shape index (κ2) is 8.99. The number of hydrogen-bond acceptors (Lipinski definition) is 2. The van der Waals surface area contributed by atoms with E-state index in [9.17, 15) is 35.9 Å². The normalized spacial score (nSPS) is 12.0. The number of rotatable bonds is 6. The van der Waals surface area contributed by atoms with E-state index in [2.05, 4.69) is 0 Å². The van der Waals surface area contributed by atoms with E-state index in [1.165, 1.54) is 17.9 Å². The van der Waals surface area contributed by atoms with E-state index >= 15 is 0 Å². The number of amides is 1. The number of benzene rings is 2. The highest BCUT2D eigenvalue weighted by atomic mass is 19.4. The molecule has 0 bridgehead atoms. The third kappa shape index (κ3) is 6.22. The molecule has 0 radical (unpaired) electrons. The summed E-state index contributed by atoms with van der Waals surface area (Å²) in [4.78, 5) is 24.0. The van der Waals surface area contributed by atoms with E-state index in [1.807, 2.05) is 0 Å². The van der Waals surface area contributed by atoms with E-state index in [4.69, 9.17) is 5.11 Å². The molecule has 0 aliphatic rings. The molecule has 0 aliphatic heterocycles. The molecule has 0 aromatic heterocycles. The van der Waals surface area contributed by atoms with E-state index in [1.54, 1.807) is 6.92 Å². The molecule has 0 saturated carbocycles. The molecule has 168 valence electrons. The summed E-state index contributed by atoms with van der Waals surface area (Å²) in [5.74, 6) is -1.77. The number of carbonyl (C=O) groups is 2. The molecule has 1 amide bonds. The predicted octanol–water partition coefficient (Wildman–Crippen LogP) is 5.39. The Morgan fingerprint density at radius 3 is 2.03 bits per heavy atom. The molecule has 0 heterocycles. The number of aliphatic carboxylic acids is 1. The van der Waals surface area contributed by atoms with Gasteiger partial charge in [-0.3, -0.25) is 9.59 Å². The Hall–Kier alpha value is -3.04. The Bertz CT molecular complexity index is 982. The van der Waals surface area contributed by atoms with Gasteiger partial charge in [0.25, 0.3) is 0 Å². The number of hydrogen-bond donors (Lipinski definition) is 1. The van der Waals surface area contributed by atoms with E-state index < -0.39 is 41.8 Å². The molecular formula is C21H19F6NO3. The van der Waals surface area contributed by atoms with Crippen LogP contribution in [0.5, 0.6) is 0 Å². The standard InChI is InChI=1S/C21H19F6NO3/c1-3-28(12(2)29)11-15-10-16(20(22,23)24)4-5-18(15)14-6-13(8-19(30)31)7-17(9-14)21(25,26)27/h4-7,9-10H,3,8,11H2,1-2H3,(H,30,31). The molecule has 10 heteroatoms. The third-order valence-electron chi connectivity index (χ3n) is 4.61. The van der Waals surface area contributed by atoms with Crippen LogP contribution >= 0.6 is 0 Å². The molecule has 0 fully saturated rings. The minimum atomic E-state index is -4.79. The Kier molecular flexibility index (Phi) is 7.03. The monoisotopic (exact) mass is 447 g/mol. The second-order valence-corrected chi connectivity index (χ2v) is 6.89. The Morgan fingerprint density at radius 2 is 1.55 bits per heavy atom. The fourth-order valence-corrected chi connectivity index (χ4v) is 3.12. The fraction of sp³-hybridized carbons (Fsp3) is 0.333. The summed E-state index contributed by atoms with van der Waals surface area (Å²) in [6.45, 7) is 2.77. The molecule has 31 heavy (non-hydrogen) atoms. The van der Waals surface area contributed by atoms with Gasteiger partial charge in [-0.05, 0) is 53.4 Å². The zero-order valence-corrected chi connectivity index (χ0v) is 16.6. The lowest BCUT2D eigenvalue weighted by molar-refractivity contribution is -0.138. The molecule has 0 unspecified atom stereocenters. The first-order chi connectivity index (χ1) is 14.2. The van der Waals surface area contributed by atoms with Gasteiger partial charge in [-0.2, -0.15) is 26.3 Å². The van der Waals surface area contributed by atoms with Crippen LogP contribution in [0, 0.1) is 0 Å². The first kappa shape index (κ1) is 24.2. The van der Waals surface area contributed by atoms with Crippen LogP contribution in [0.25, 0.3) is 11.1 Å². The number of nitrogens with zero attached hydrogens (tertiary/aromatic N) is 1. The van der Waals surface area contributed by atoms with Crippen LogP contribution in [0.4, 0.5) is 26.3 Å².